The molecule has 1 aromatic heterocycles. The van der Waals surface area contributed by atoms with Crippen molar-refractivity contribution >= 4 is 18.0 Å². The molecule has 0 radical (unpaired) electrons. The van der Waals surface area contributed by atoms with Crippen LogP contribution in [0.25, 0.3) is 0 Å². The van der Waals surface area contributed by atoms with Crippen molar-refractivity contribution in [2.24, 2.45) is 0 Å². The standard InChI is InChI=1S/C12H18N6O5/c1-2-23-11(20)5-9-14-16-18(15-9)7-10(19)13-8-3-4-17(6-8)12(21)22/h8H,2-7H2,1H3,(H,13,19)(H,21,22). The van der Waals surface area contributed by atoms with E-state index in [0.717, 1.165) is 4.80 Å². The van der Waals surface area contributed by atoms with Gasteiger partial charge in [0.2, 0.25) is 5.91 Å². The van der Waals surface area contributed by atoms with Gasteiger partial charge in [-0.15, -0.1) is 10.2 Å². The molecular formula is C12H18N6O5. The molecule has 2 heterocycles. The van der Waals surface area contributed by atoms with E-state index >= 15 is 0 Å². The molecule has 23 heavy (non-hydrogen) atoms. The molecule has 2 rings (SSSR count). The van der Waals surface area contributed by atoms with E-state index < -0.39 is 12.1 Å². The van der Waals surface area contributed by atoms with Gasteiger partial charge in [0.05, 0.1) is 6.61 Å². The van der Waals surface area contributed by atoms with Crippen molar-refractivity contribution < 1.29 is 24.2 Å². The van der Waals surface area contributed by atoms with E-state index in [1.807, 2.05) is 0 Å². The summed E-state index contributed by atoms with van der Waals surface area (Å²) in [6.07, 6.45) is -0.536. The average molecular weight is 326 g/mol. The van der Waals surface area contributed by atoms with Crippen LogP contribution in [0.5, 0.6) is 0 Å². The predicted octanol–water partition coefficient (Wildman–Crippen LogP) is -1.35. The minimum Gasteiger partial charge on any atom is -0.466 e. The third kappa shape index (κ3) is 4.90. The van der Waals surface area contributed by atoms with Crippen molar-refractivity contribution in [3.05, 3.63) is 5.82 Å². The minimum atomic E-state index is -0.997. The van der Waals surface area contributed by atoms with E-state index in [2.05, 4.69) is 20.7 Å². The molecule has 0 saturated carbocycles. The number of carbonyl (C=O) groups is 3. The number of aromatic nitrogens is 4. The molecule has 1 aliphatic rings. The Morgan fingerprint density at radius 3 is 2.87 bits per heavy atom. The van der Waals surface area contributed by atoms with E-state index in [1.165, 1.54) is 4.90 Å². The Labute approximate surface area is 131 Å². The molecule has 1 aromatic rings. The highest BCUT2D eigenvalue weighted by molar-refractivity contribution is 5.76. The van der Waals surface area contributed by atoms with Gasteiger partial charge in [0, 0.05) is 19.1 Å². The maximum absolute atomic E-state index is 11.9. The Balaban J connectivity index is 1.78. The maximum atomic E-state index is 11.9. The predicted molar refractivity (Wildman–Crippen MR) is 74.3 cm³/mol. The molecule has 11 heteroatoms. The number of hydrogen-bond donors (Lipinski definition) is 2. The molecular weight excluding hydrogens is 308 g/mol. The average Bonchev–Trinajstić information content (AvgIpc) is 3.09. The summed E-state index contributed by atoms with van der Waals surface area (Å²) in [7, 11) is 0. The maximum Gasteiger partial charge on any atom is 0.407 e. The summed E-state index contributed by atoms with van der Waals surface area (Å²) >= 11 is 0. The molecule has 0 aromatic carbocycles. The van der Waals surface area contributed by atoms with Crippen molar-refractivity contribution in [3.8, 4) is 0 Å². The Hall–Kier alpha value is -2.72. The molecule has 0 spiro atoms. The van der Waals surface area contributed by atoms with Crippen LogP contribution in [0.15, 0.2) is 0 Å². The highest BCUT2D eigenvalue weighted by Gasteiger charge is 2.27. The molecule has 1 aliphatic heterocycles. The Morgan fingerprint density at radius 1 is 1.43 bits per heavy atom. The molecule has 1 atom stereocenters. The van der Waals surface area contributed by atoms with Gasteiger partial charge in [-0.05, 0) is 18.6 Å². The van der Waals surface area contributed by atoms with E-state index in [1.54, 1.807) is 6.92 Å². The number of likely N-dealkylation sites (tertiary alicyclic amines) is 1. The first-order chi connectivity index (χ1) is 11.0. The quantitative estimate of drug-likeness (QED) is 0.611. The highest BCUT2D eigenvalue weighted by Crippen LogP contribution is 2.08. The smallest absolute Gasteiger partial charge is 0.407 e. The zero-order valence-electron chi connectivity index (χ0n) is 12.6. The first kappa shape index (κ1) is 16.6. The highest BCUT2D eigenvalue weighted by atomic mass is 16.5. The first-order valence-electron chi connectivity index (χ1n) is 7.17. The second-order valence-corrected chi connectivity index (χ2v) is 5.00. The third-order valence-electron chi connectivity index (χ3n) is 3.21. The van der Waals surface area contributed by atoms with E-state index in [0.29, 0.717) is 13.0 Å². The van der Waals surface area contributed by atoms with Crippen molar-refractivity contribution in [3.63, 3.8) is 0 Å². The van der Waals surface area contributed by atoms with Crippen LogP contribution in [0.1, 0.15) is 19.2 Å². The minimum absolute atomic E-state index is 0.106. The van der Waals surface area contributed by atoms with Gasteiger partial charge in [0.25, 0.3) is 0 Å². The van der Waals surface area contributed by atoms with Gasteiger partial charge in [0.1, 0.15) is 13.0 Å². The molecule has 11 nitrogen and oxygen atoms in total. The van der Waals surface area contributed by atoms with Crippen LogP contribution in [0.4, 0.5) is 4.79 Å². The number of carbonyl (C=O) groups excluding carboxylic acids is 2. The van der Waals surface area contributed by atoms with Crippen LogP contribution in [-0.4, -0.2) is 73.9 Å². The van der Waals surface area contributed by atoms with Crippen LogP contribution in [0, 0.1) is 0 Å². The fourth-order valence-electron chi connectivity index (χ4n) is 2.21. The van der Waals surface area contributed by atoms with E-state index in [4.69, 9.17) is 9.84 Å². The van der Waals surface area contributed by atoms with Crippen LogP contribution in [0.2, 0.25) is 0 Å². The topological polar surface area (TPSA) is 140 Å². The molecule has 0 aliphatic carbocycles. The van der Waals surface area contributed by atoms with Gasteiger partial charge >= 0.3 is 12.1 Å². The van der Waals surface area contributed by atoms with Crippen molar-refractivity contribution in [1.29, 1.82) is 0 Å². The SMILES string of the molecule is CCOC(=O)Cc1nnn(CC(=O)NC2CCN(C(=O)O)C2)n1. The van der Waals surface area contributed by atoms with Crippen LogP contribution < -0.4 is 5.32 Å². The summed E-state index contributed by atoms with van der Waals surface area (Å²) in [6.45, 7) is 2.47. The Kier molecular flexibility index (Phi) is 5.44. The summed E-state index contributed by atoms with van der Waals surface area (Å²) < 4.78 is 4.77. The van der Waals surface area contributed by atoms with Crippen LogP contribution in [0.3, 0.4) is 0 Å². The lowest BCUT2D eigenvalue weighted by Crippen LogP contribution is -2.40. The first-order valence-corrected chi connectivity index (χ1v) is 7.17. The van der Waals surface area contributed by atoms with E-state index in [-0.39, 0.29) is 43.9 Å². The van der Waals surface area contributed by atoms with Gasteiger partial charge in [-0.1, -0.05) is 0 Å². The number of esters is 1. The lowest BCUT2D eigenvalue weighted by atomic mass is 10.2. The molecule has 2 N–H and O–H groups in total. The monoisotopic (exact) mass is 326 g/mol. The van der Waals surface area contributed by atoms with Gasteiger partial charge < -0.3 is 20.1 Å². The van der Waals surface area contributed by atoms with E-state index in [9.17, 15) is 14.4 Å². The van der Waals surface area contributed by atoms with Crippen LogP contribution in [-0.2, 0) is 27.3 Å². The molecule has 0 bridgehead atoms. The summed E-state index contributed by atoms with van der Waals surface area (Å²) in [4.78, 5) is 36.3. The Morgan fingerprint density at radius 2 is 2.22 bits per heavy atom. The van der Waals surface area contributed by atoms with Crippen molar-refractivity contribution in [2.45, 2.75) is 32.4 Å². The molecule has 126 valence electrons. The fraction of sp³-hybridized carbons (Fsp3) is 0.667. The molecule has 1 unspecified atom stereocenters. The largest absolute Gasteiger partial charge is 0.466 e. The number of tetrazole rings is 1. The normalized spacial score (nSPS) is 17.1. The van der Waals surface area contributed by atoms with Gasteiger partial charge in [-0.25, -0.2) is 4.79 Å². The zero-order valence-corrected chi connectivity index (χ0v) is 12.6. The number of rotatable bonds is 6. The third-order valence-corrected chi connectivity index (χ3v) is 3.21. The lowest BCUT2D eigenvalue weighted by molar-refractivity contribution is -0.142. The number of hydrogen-bond acceptors (Lipinski definition) is 7. The van der Waals surface area contributed by atoms with Gasteiger partial charge in [0.15, 0.2) is 5.82 Å². The van der Waals surface area contributed by atoms with Crippen LogP contribution >= 0.6 is 0 Å². The lowest BCUT2D eigenvalue weighted by Gasteiger charge is -2.13. The molecule has 2 amide bonds. The van der Waals surface area contributed by atoms with Gasteiger partial charge in [-0.2, -0.15) is 4.80 Å². The fourth-order valence-corrected chi connectivity index (χ4v) is 2.21. The summed E-state index contributed by atoms with van der Waals surface area (Å²) in [6, 6.07) is -0.221. The molecule has 1 saturated heterocycles. The number of amides is 2. The number of nitrogens with one attached hydrogen (secondary N) is 1. The van der Waals surface area contributed by atoms with Gasteiger partial charge in [-0.3, -0.25) is 9.59 Å². The Bertz CT molecular complexity index is 588. The summed E-state index contributed by atoms with van der Waals surface area (Å²) in [5, 5.41) is 22.9. The summed E-state index contributed by atoms with van der Waals surface area (Å²) in [5.41, 5.74) is 0. The second kappa shape index (κ2) is 7.51. The molecule has 1 fully saturated rings. The van der Waals surface area contributed by atoms with Crippen molar-refractivity contribution in [2.75, 3.05) is 19.7 Å². The summed E-state index contributed by atoms with van der Waals surface area (Å²) in [5.74, 6) is -0.632. The zero-order chi connectivity index (χ0) is 16.8. The number of carboxylic acid groups (broad SMARTS) is 1. The number of ether oxygens (including phenoxy) is 1. The second-order valence-electron chi connectivity index (χ2n) is 5.00. The van der Waals surface area contributed by atoms with Crippen molar-refractivity contribution in [1.82, 2.24) is 30.4 Å². The number of nitrogens with zero attached hydrogens (tertiary/aromatic N) is 5.